The highest BCUT2D eigenvalue weighted by Gasteiger charge is 2.42. The number of para-hydroxylation sites is 1. The number of anilines is 1. The smallest absolute Gasteiger partial charge is 0.254 e. The van der Waals surface area contributed by atoms with Crippen LogP contribution in [0.25, 0.3) is 0 Å². The summed E-state index contributed by atoms with van der Waals surface area (Å²) >= 11 is 1.65. The average Bonchev–Trinajstić information content (AvgIpc) is 3.38. The van der Waals surface area contributed by atoms with Gasteiger partial charge in [0.25, 0.3) is 5.91 Å². The van der Waals surface area contributed by atoms with Gasteiger partial charge in [-0.15, -0.1) is 11.3 Å². The molecular weight excluding hydrogens is 463 g/mol. The first-order chi connectivity index (χ1) is 17.0. The summed E-state index contributed by atoms with van der Waals surface area (Å²) in [4.78, 5) is 28.4. The number of thiophene rings is 1. The number of rotatable bonds is 5. The molecule has 0 saturated carbocycles. The van der Waals surface area contributed by atoms with Crippen LogP contribution < -0.4 is 15.4 Å². The fourth-order valence-electron chi connectivity index (χ4n) is 5.05. The van der Waals surface area contributed by atoms with Crippen molar-refractivity contribution in [2.45, 2.75) is 31.6 Å². The Bertz CT molecular complexity index is 1360. The molecule has 7 heteroatoms. The van der Waals surface area contributed by atoms with Gasteiger partial charge in [-0.05, 0) is 49.1 Å². The van der Waals surface area contributed by atoms with Gasteiger partial charge in [-0.3, -0.25) is 9.59 Å². The molecule has 3 aromatic rings. The minimum atomic E-state index is -0.604. The van der Waals surface area contributed by atoms with E-state index in [0.29, 0.717) is 41.1 Å². The van der Waals surface area contributed by atoms with E-state index in [4.69, 9.17) is 4.74 Å². The van der Waals surface area contributed by atoms with Crippen LogP contribution in [0.3, 0.4) is 0 Å². The zero-order chi connectivity index (χ0) is 24.5. The number of hydrogen-bond donors (Lipinski definition) is 2. The molecule has 1 aliphatic heterocycles. The molecule has 2 heterocycles. The van der Waals surface area contributed by atoms with Crippen molar-refractivity contribution in [2.24, 2.45) is 0 Å². The highest BCUT2D eigenvalue weighted by Crippen LogP contribution is 2.48. The summed E-state index contributed by atoms with van der Waals surface area (Å²) in [6.45, 7) is 1.84. The Kier molecular flexibility index (Phi) is 6.26. The number of ketones is 1. The first-order valence-electron chi connectivity index (χ1n) is 11.4. The van der Waals surface area contributed by atoms with Crippen LogP contribution >= 0.6 is 11.3 Å². The van der Waals surface area contributed by atoms with E-state index in [9.17, 15) is 14.0 Å². The Morgan fingerprint density at radius 2 is 1.94 bits per heavy atom. The number of nitrogens with one attached hydrogen (secondary N) is 2. The molecule has 1 aliphatic carbocycles. The number of methoxy groups -OCH3 is 1. The standard InChI is InChI=1S/C28H25FN2O3S/c1-16-25(28(33)31-19-8-5-7-18(29)15-19)26(20-9-3-4-10-23(20)34-2)27-21(30-16)13-17(14-22(27)32)24-11-6-12-35-24/h3-12,15,17,26,30H,13-14H2,1-2H3,(H,31,33). The van der Waals surface area contributed by atoms with Crippen LogP contribution in [0.4, 0.5) is 10.1 Å². The summed E-state index contributed by atoms with van der Waals surface area (Å²) in [6.07, 6.45) is 1.06. The molecule has 0 spiro atoms. The Balaban J connectivity index is 1.60. The summed E-state index contributed by atoms with van der Waals surface area (Å²) in [6, 6.07) is 17.3. The molecule has 178 valence electrons. The monoisotopic (exact) mass is 488 g/mol. The van der Waals surface area contributed by atoms with Crippen molar-refractivity contribution < 1.29 is 18.7 Å². The Labute approximate surface area is 207 Å². The summed E-state index contributed by atoms with van der Waals surface area (Å²) in [5.74, 6) is -0.727. The quantitative estimate of drug-likeness (QED) is 0.470. The topological polar surface area (TPSA) is 67.4 Å². The normalized spacial score (nSPS) is 19.8. The van der Waals surface area contributed by atoms with Gasteiger partial charge < -0.3 is 15.4 Å². The van der Waals surface area contributed by atoms with Crippen molar-refractivity contribution in [2.75, 3.05) is 12.4 Å². The number of ether oxygens (including phenoxy) is 1. The molecule has 1 amide bonds. The van der Waals surface area contributed by atoms with E-state index in [2.05, 4.69) is 16.7 Å². The number of amides is 1. The van der Waals surface area contributed by atoms with Crippen molar-refractivity contribution in [1.29, 1.82) is 0 Å². The van der Waals surface area contributed by atoms with E-state index in [1.807, 2.05) is 42.6 Å². The van der Waals surface area contributed by atoms with Crippen LogP contribution in [0, 0.1) is 5.82 Å². The van der Waals surface area contributed by atoms with Crippen LogP contribution in [0.15, 0.2) is 88.6 Å². The summed E-state index contributed by atoms with van der Waals surface area (Å²) in [5.41, 5.74) is 3.61. The van der Waals surface area contributed by atoms with Crippen molar-refractivity contribution in [3.05, 3.63) is 105 Å². The largest absolute Gasteiger partial charge is 0.496 e. The van der Waals surface area contributed by atoms with Crippen molar-refractivity contribution >= 4 is 28.7 Å². The third-order valence-corrected chi connectivity index (χ3v) is 7.58. The molecule has 5 nitrogen and oxygen atoms in total. The Morgan fingerprint density at radius 1 is 1.11 bits per heavy atom. The lowest BCUT2D eigenvalue weighted by molar-refractivity contribution is -0.116. The Hall–Kier alpha value is -3.71. The minimum absolute atomic E-state index is 0.0108. The number of hydrogen-bond acceptors (Lipinski definition) is 5. The zero-order valence-corrected chi connectivity index (χ0v) is 20.2. The maximum Gasteiger partial charge on any atom is 0.254 e. The number of halogens is 1. The SMILES string of the molecule is COc1ccccc1C1C(C(=O)Nc2cccc(F)c2)=C(C)NC2=C1C(=O)CC(c1cccs1)C2. The fraction of sp³-hybridized carbons (Fsp3) is 0.214. The third kappa shape index (κ3) is 4.39. The van der Waals surface area contributed by atoms with Gasteiger partial charge in [-0.2, -0.15) is 0 Å². The minimum Gasteiger partial charge on any atom is -0.496 e. The van der Waals surface area contributed by atoms with Gasteiger partial charge in [0, 0.05) is 51.0 Å². The van der Waals surface area contributed by atoms with Crippen LogP contribution in [-0.4, -0.2) is 18.8 Å². The molecule has 0 saturated heterocycles. The number of Topliss-reactive ketones (excluding diaryl/α,β-unsaturated/α-hetero) is 1. The van der Waals surface area contributed by atoms with Crippen LogP contribution in [0.5, 0.6) is 5.75 Å². The molecule has 2 N–H and O–H groups in total. The second-order valence-corrected chi connectivity index (χ2v) is 9.72. The number of carbonyl (C=O) groups excluding carboxylic acids is 2. The van der Waals surface area contributed by atoms with E-state index in [1.54, 1.807) is 30.6 Å². The maximum atomic E-state index is 13.8. The summed E-state index contributed by atoms with van der Waals surface area (Å²) in [5, 5.41) is 8.21. The fourth-order valence-corrected chi connectivity index (χ4v) is 5.88. The zero-order valence-electron chi connectivity index (χ0n) is 19.4. The first-order valence-corrected chi connectivity index (χ1v) is 12.3. The predicted octanol–water partition coefficient (Wildman–Crippen LogP) is 5.90. The molecule has 2 aromatic carbocycles. The van der Waals surface area contributed by atoms with Gasteiger partial charge in [0.1, 0.15) is 11.6 Å². The molecule has 5 rings (SSSR count). The van der Waals surface area contributed by atoms with Crippen LogP contribution in [0.1, 0.15) is 42.0 Å². The molecule has 0 radical (unpaired) electrons. The first kappa shape index (κ1) is 23.1. The lowest BCUT2D eigenvalue weighted by Gasteiger charge is -2.37. The van der Waals surface area contributed by atoms with Crippen molar-refractivity contribution in [3.8, 4) is 5.75 Å². The van der Waals surface area contributed by atoms with Crippen LogP contribution in [-0.2, 0) is 9.59 Å². The van der Waals surface area contributed by atoms with E-state index in [0.717, 1.165) is 11.3 Å². The maximum absolute atomic E-state index is 13.8. The van der Waals surface area contributed by atoms with E-state index in [1.165, 1.54) is 17.0 Å². The van der Waals surface area contributed by atoms with Gasteiger partial charge in [0.15, 0.2) is 5.78 Å². The second-order valence-electron chi connectivity index (χ2n) is 8.74. The molecule has 0 fully saturated rings. The number of benzene rings is 2. The van der Waals surface area contributed by atoms with Crippen molar-refractivity contribution in [3.63, 3.8) is 0 Å². The highest BCUT2D eigenvalue weighted by atomic mass is 32.1. The summed E-state index contributed by atoms with van der Waals surface area (Å²) in [7, 11) is 1.58. The molecule has 35 heavy (non-hydrogen) atoms. The van der Waals surface area contributed by atoms with E-state index < -0.39 is 17.6 Å². The van der Waals surface area contributed by atoms with Gasteiger partial charge in [-0.25, -0.2) is 4.39 Å². The number of dihydropyridines is 1. The third-order valence-electron chi connectivity index (χ3n) is 6.55. The molecular formula is C28H25FN2O3S. The lowest BCUT2D eigenvalue weighted by Crippen LogP contribution is -2.37. The molecule has 2 atom stereocenters. The molecule has 2 aliphatic rings. The van der Waals surface area contributed by atoms with Crippen LogP contribution in [0.2, 0.25) is 0 Å². The Morgan fingerprint density at radius 3 is 2.69 bits per heavy atom. The van der Waals surface area contributed by atoms with E-state index in [-0.39, 0.29) is 11.7 Å². The number of carbonyl (C=O) groups is 2. The average molecular weight is 489 g/mol. The van der Waals surface area contributed by atoms with Gasteiger partial charge in [0.2, 0.25) is 0 Å². The van der Waals surface area contributed by atoms with Gasteiger partial charge >= 0.3 is 0 Å². The molecule has 2 unspecified atom stereocenters. The van der Waals surface area contributed by atoms with Gasteiger partial charge in [-0.1, -0.05) is 30.3 Å². The summed E-state index contributed by atoms with van der Waals surface area (Å²) < 4.78 is 19.4. The predicted molar refractivity (Wildman–Crippen MR) is 135 cm³/mol. The van der Waals surface area contributed by atoms with Crippen molar-refractivity contribution in [1.82, 2.24) is 5.32 Å². The van der Waals surface area contributed by atoms with Gasteiger partial charge in [0.05, 0.1) is 13.0 Å². The second kappa shape index (κ2) is 9.50. The number of allylic oxidation sites excluding steroid dienone is 3. The molecule has 1 aromatic heterocycles. The highest BCUT2D eigenvalue weighted by molar-refractivity contribution is 7.10. The van der Waals surface area contributed by atoms with E-state index >= 15 is 0 Å². The molecule has 0 bridgehead atoms. The lowest BCUT2D eigenvalue weighted by atomic mass is 9.72.